The van der Waals surface area contributed by atoms with Gasteiger partial charge in [-0.3, -0.25) is 0 Å². The average molecular weight is 232 g/mol. The summed E-state index contributed by atoms with van der Waals surface area (Å²) < 4.78 is 58.4. The third-order valence-corrected chi connectivity index (χ3v) is 1.29. The number of ether oxygens (including phenoxy) is 2. The Balaban J connectivity index is 4.71. The van der Waals surface area contributed by atoms with Crippen LogP contribution in [0.1, 0.15) is 20.8 Å². The number of esters is 1. The summed E-state index contributed by atoms with van der Waals surface area (Å²) in [5.74, 6) is -7.27. The van der Waals surface area contributed by atoms with E-state index in [-0.39, 0.29) is 0 Å². The molecule has 0 rings (SSSR count). The van der Waals surface area contributed by atoms with E-state index >= 15 is 0 Å². The van der Waals surface area contributed by atoms with Crippen molar-refractivity contribution in [2.75, 3.05) is 6.61 Å². The molecule has 0 fully saturated rings. The molecule has 0 aromatic carbocycles. The largest absolute Gasteiger partial charge is 0.458 e. The molecule has 15 heavy (non-hydrogen) atoms. The van der Waals surface area contributed by atoms with Crippen LogP contribution in [-0.4, -0.2) is 30.7 Å². The molecule has 0 aliphatic rings. The zero-order valence-electron chi connectivity index (χ0n) is 8.52. The third kappa shape index (κ3) is 3.33. The lowest BCUT2D eigenvalue weighted by atomic mass is 10.3. The Morgan fingerprint density at radius 3 is 2.07 bits per heavy atom. The van der Waals surface area contributed by atoms with Crippen molar-refractivity contribution >= 4 is 5.97 Å². The standard InChI is InChI=1S/C8H12F4O3/c1-4-14-8(11,12)7(9,10)6(13)15-5(2)3/h5H,4H2,1-3H3. The predicted molar refractivity (Wildman–Crippen MR) is 42.7 cm³/mol. The number of halogens is 4. The van der Waals surface area contributed by atoms with Crippen LogP contribution in [0.15, 0.2) is 0 Å². The van der Waals surface area contributed by atoms with Crippen LogP contribution in [0.2, 0.25) is 0 Å². The summed E-state index contributed by atoms with van der Waals surface area (Å²) in [6.07, 6.45) is -5.76. The summed E-state index contributed by atoms with van der Waals surface area (Å²) >= 11 is 0. The lowest BCUT2D eigenvalue weighted by Crippen LogP contribution is -2.50. The topological polar surface area (TPSA) is 35.5 Å². The molecule has 0 aromatic heterocycles. The molecule has 0 saturated heterocycles. The lowest BCUT2D eigenvalue weighted by Gasteiger charge is -2.24. The molecule has 0 bridgehead atoms. The highest BCUT2D eigenvalue weighted by Gasteiger charge is 2.65. The van der Waals surface area contributed by atoms with Crippen molar-refractivity contribution in [1.82, 2.24) is 0 Å². The van der Waals surface area contributed by atoms with Gasteiger partial charge < -0.3 is 9.47 Å². The van der Waals surface area contributed by atoms with Crippen LogP contribution in [0.4, 0.5) is 17.6 Å². The number of carbonyl (C=O) groups excluding carboxylic acids is 1. The fraction of sp³-hybridized carbons (Fsp3) is 0.875. The van der Waals surface area contributed by atoms with Crippen molar-refractivity contribution in [3.8, 4) is 0 Å². The van der Waals surface area contributed by atoms with E-state index in [1.54, 1.807) is 0 Å². The van der Waals surface area contributed by atoms with E-state index in [4.69, 9.17) is 0 Å². The van der Waals surface area contributed by atoms with Gasteiger partial charge in [0, 0.05) is 0 Å². The molecule has 0 aliphatic heterocycles. The summed E-state index contributed by atoms with van der Waals surface area (Å²) in [4.78, 5) is 10.7. The Hall–Kier alpha value is -0.850. The van der Waals surface area contributed by atoms with Gasteiger partial charge in [0.1, 0.15) is 0 Å². The predicted octanol–water partition coefficient (Wildman–Crippen LogP) is 2.20. The van der Waals surface area contributed by atoms with E-state index in [9.17, 15) is 22.4 Å². The smallest absolute Gasteiger partial charge is 0.431 e. The van der Waals surface area contributed by atoms with Gasteiger partial charge in [0.25, 0.3) is 0 Å². The number of hydrogen-bond acceptors (Lipinski definition) is 3. The normalized spacial score (nSPS) is 13.1. The van der Waals surface area contributed by atoms with E-state index < -0.39 is 30.7 Å². The highest BCUT2D eigenvalue weighted by molar-refractivity contribution is 5.78. The second kappa shape index (κ2) is 4.78. The van der Waals surface area contributed by atoms with Crippen LogP contribution >= 0.6 is 0 Å². The van der Waals surface area contributed by atoms with Gasteiger partial charge in [-0.1, -0.05) is 0 Å². The monoisotopic (exact) mass is 232 g/mol. The van der Waals surface area contributed by atoms with Crippen LogP contribution in [0, 0.1) is 0 Å². The first kappa shape index (κ1) is 14.2. The molecule has 0 amide bonds. The first-order chi connectivity index (χ1) is 6.65. The van der Waals surface area contributed by atoms with Gasteiger partial charge >= 0.3 is 18.0 Å². The van der Waals surface area contributed by atoms with E-state index in [2.05, 4.69) is 9.47 Å². The molecule has 90 valence electrons. The van der Waals surface area contributed by atoms with Crippen molar-refractivity contribution < 1.29 is 31.8 Å². The molecule has 0 N–H and O–H groups in total. The minimum atomic E-state index is -4.98. The van der Waals surface area contributed by atoms with Gasteiger partial charge in [0.2, 0.25) is 0 Å². The van der Waals surface area contributed by atoms with Crippen molar-refractivity contribution in [2.24, 2.45) is 0 Å². The molecule has 0 aromatic rings. The Morgan fingerprint density at radius 2 is 1.73 bits per heavy atom. The maximum Gasteiger partial charge on any atom is 0.431 e. The quantitative estimate of drug-likeness (QED) is 0.538. The molecule has 3 nitrogen and oxygen atoms in total. The molecule has 0 spiro atoms. The molecule has 0 unspecified atom stereocenters. The van der Waals surface area contributed by atoms with Gasteiger partial charge in [-0.25, -0.2) is 4.79 Å². The SMILES string of the molecule is CCOC(F)(F)C(F)(F)C(=O)OC(C)C. The minimum absolute atomic E-state index is 0.641. The molecule has 0 atom stereocenters. The van der Waals surface area contributed by atoms with Crippen molar-refractivity contribution in [2.45, 2.75) is 38.9 Å². The van der Waals surface area contributed by atoms with E-state index in [0.717, 1.165) is 6.92 Å². The van der Waals surface area contributed by atoms with E-state index in [1.165, 1.54) is 13.8 Å². The van der Waals surface area contributed by atoms with Crippen molar-refractivity contribution in [3.63, 3.8) is 0 Å². The first-order valence-electron chi connectivity index (χ1n) is 4.25. The van der Waals surface area contributed by atoms with Crippen LogP contribution in [0.25, 0.3) is 0 Å². The summed E-state index contributed by atoms with van der Waals surface area (Å²) in [7, 11) is 0. The van der Waals surface area contributed by atoms with Gasteiger partial charge in [-0.15, -0.1) is 0 Å². The minimum Gasteiger partial charge on any atom is -0.458 e. The first-order valence-corrected chi connectivity index (χ1v) is 4.25. The Bertz CT molecular complexity index is 228. The highest BCUT2D eigenvalue weighted by atomic mass is 19.3. The number of carbonyl (C=O) groups is 1. The van der Waals surface area contributed by atoms with Crippen LogP contribution in [0.5, 0.6) is 0 Å². The molecular formula is C8H12F4O3. The van der Waals surface area contributed by atoms with Crippen molar-refractivity contribution in [1.29, 1.82) is 0 Å². The summed E-state index contributed by atoms with van der Waals surface area (Å²) in [6, 6.07) is 0. The van der Waals surface area contributed by atoms with Gasteiger partial charge in [-0.2, -0.15) is 17.6 Å². The number of alkyl halides is 4. The third-order valence-electron chi connectivity index (χ3n) is 1.29. The second-order valence-corrected chi connectivity index (χ2v) is 2.98. The zero-order chi connectivity index (χ0) is 12.3. The Morgan fingerprint density at radius 1 is 1.27 bits per heavy atom. The van der Waals surface area contributed by atoms with Crippen LogP contribution in [-0.2, 0) is 14.3 Å². The fourth-order valence-corrected chi connectivity index (χ4v) is 0.679. The summed E-state index contributed by atoms with van der Waals surface area (Å²) in [6.45, 7) is 3.01. The lowest BCUT2D eigenvalue weighted by molar-refractivity contribution is -0.338. The Kier molecular flexibility index (Phi) is 4.51. The highest BCUT2D eigenvalue weighted by Crippen LogP contribution is 2.36. The molecule has 0 heterocycles. The molecular weight excluding hydrogens is 220 g/mol. The van der Waals surface area contributed by atoms with Gasteiger partial charge in [0.15, 0.2) is 0 Å². The van der Waals surface area contributed by atoms with Crippen LogP contribution < -0.4 is 0 Å². The van der Waals surface area contributed by atoms with Crippen LogP contribution in [0.3, 0.4) is 0 Å². The maximum absolute atomic E-state index is 12.8. The number of hydrogen-bond donors (Lipinski definition) is 0. The van der Waals surface area contributed by atoms with Gasteiger partial charge in [0.05, 0.1) is 12.7 Å². The van der Waals surface area contributed by atoms with E-state index in [1.807, 2.05) is 0 Å². The fourth-order valence-electron chi connectivity index (χ4n) is 0.679. The molecule has 0 saturated carbocycles. The maximum atomic E-state index is 12.8. The second-order valence-electron chi connectivity index (χ2n) is 2.98. The zero-order valence-corrected chi connectivity index (χ0v) is 8.52. The molecule has 7 heteroatoms. The molecule has 0 aliphatic carbocycles. The Labute approximate surface area is 84.3 Å². The average Bonchev–Trinajstić information content (AvgIpc) is 2.02. The summed E-state index contributed by atoms with van der Waals surface area (Å²) in [5.41, 5.74) is 0. The van der Waals surface area contributed by atoms with Gasteiger partial charge in [-0.05, 0) is 20.8 Å². The number of rotatable bonds is 5. The molecule has 0 radical (unpaired) electrons. The van der Waals surface area contributed by atoms with E-state index in [0.29, 0.717) is 0 Å². The van der Waals surface area contributed by atoms with Crippen molar-refractivity contribution in [3.05, 3.63) is 0 Å². The summed E-state index contributed by atoms with van der Waals surface area (Å²) in [5, 5.41) is 0.